The van der Waals surface area contributed by atoms with Crippen LogP contribution >= 0.6 is 0 Å². The molecule has 0 aromatic heterocycles. The second-order valence-electron chi connectivity index (χ2n) is 4.61. The second-order valence-corrected chi connectivity index (χ2v) is 4.61. The highest BCUT2D eigenvalue weighted by Crippen LogP contribution is 2.42. The molecule has 0 aliphatic heterocycles. The fourth-order valence-electron chi connectivity index (χ4n) is 3.09. The molecule has 0 spiro atoms. The van der Waals surface area contributed by atoms with Crippen LogP contribution < -0.4 is 0 Å². The van der Waals surface area contributed by atoms with Crippen molar-refractivity contribution in [3.8, 4) is 0 Å². The van der Waals surface area contributed by atoms with Gasteiger partial charge >= 0.3 is 0 Å². The monoisotopic (exact) mass is 166 g/mol. The molecule has 0 aromatic carbocycles. The van der Waals surface area contributed by atoms with Crippen molar-refractivity contribution in [2.75, 3.05) is 0 Å². The second kappa shape index (κ2) is 3.20. The van der Waals surface area contributed by atoms with Crippen LogP contribution in [0.2, 0.25) is 0 Å². The number of carbonyl (C=O) groups is 1. The van der Waals surface area contributed by atoms with Gasteiger partial charge in [-0.2, -0.15) is 0 Å². The van der Waals surface area contributed by atoms with Crippen LogP contribution in [0.25, 0.3) is 0 Å². The van der Waals surface area contributed by atoms with E-state index in [0.29, 0.717) is 5.78 Å². The van der Waals surface area contributed by atoms with Crippen LogP contribution in [0.15, 0.2) is 0 Å². The molecule has 2 rings (SSSR count). The summed E-state index contributed by atoms with van der Waals surface area (Å²) in [4.78, 5) is 11.2. The van der Waals surface area contributed by atoms with Gasteiger partial charge in [0.15, 0.2) is 0 Å². The minimum absolute atomic E-state index is 0.519. The van der Waals surface area contributed by atoms with Crippen molar-refractivity contribution >= 4 is 5.78 Å². The van der Waals surface area contributed by atoms with Gasteiger partial charge < -0.3 is 0 Å². The van der Waals surface area contributed by atoms with E-state index in [2.05, 4.69) is 6.92 Å². The molecule has 0 N–H and O–H groups in total. The first kappa shape index (κ1) is 8.28. The van der Waals surface area contributed by atoms with Gasteiger partial charge in [-0.15, -0.1) is 0 Å². The lowest BCUT2D eigenvalue weighted by atomic mass is 9.66. The average molecular weight is 166 g/mol. The number of rotatable bonds is 0. The van der Waals surface area contributed by atoms with Crippen LogP contribution in [0.5, 0.6) is 0 Å². The SMILES string of the molecule is C[C@H]1CCC[C@H]2CC(=O)CC[C@H]21. The van der Waals surface area contributed by atoms with Gasteiger partial charge in [0, 0.05) is 12.8 Å². The van der Waals surface area contributed by atoms with E-state index in [1.54, 1.807) is 0 Å². The van der Waals surface area contributed by atoms with Gasteiger partial charge in [0.2, 0.25) is 0 Å². The van der Waals surface area contributed by atoms with Crippen molar-refractivity contribution in [3.63, 3.8) is 0 Å². The Balaban J connectivity index is 2.04. The zero-order valence-electron chi connectivity index (χ0n) is 7.88. The molecule has 2 fully saturated rings. The summed E-state index contributed by atoms with van der Waals surface area (Å²) in [5, 5.41) is 0. The van der Waals surface area contributed by atoms with Crippen molar-refractivity contribution < 1.29 is 4.79 Å². The molecule has 0 aromatic rings. The maximum Gasteiger partial charge on any atom is 0.133 e. The van der Waals surface area contributed by atoms with Crippen molar-refractivity contribution in [2.45, 2.75) is 45.4 Å². The standard InChI is InChI=1S/C11H18O/c1-8-3-2-4-9-7-10(12)5-6-11(8)9/h8-9,11H,2-7H2,1H3/t8-,9-,11-/m0/s1. The Hall–Kier alpha value is -0.330. The molecule has 68 valence electrons. The van der Waals surface area contributed by atoms with Crippen LogP contribution in [0.1, 0.15) is 45.4 Å². The van der Waals surface area contributed by atoms with Gasteiger partial charge in [-0.1, -0.05) is 19.8 Å². The minimum Gasteiger partial charge on any atom is -0.300 e. The zero-order chi connectivity index (χ0) is 8.55. The molecule has 0 bridgehead atoms. The lowest BCUT2D eigenvalue weighted by molar-refractivity contribution is -0.123. The first-order valence-corrected chi connectivity index (χ1v) is 5.29. The number of ketones is 1. The Morgan fingerprint density at radius 1 is 1.25 bits per heavy atom. The van der Waals surface area contributed by atoms with Gasteiger partial charge in [0.05, 0.1) is 0 Å². The van der Waals surface area contributed by atoms with Gasteiger partial charge in [-0.3, -0.25) is 4.79 Å². The molecule has 2 aliphatic rings. The highest BCUT2D eigenvalue weighted by atomic mass is 16.1. The van der Waals surface area contributed by atoms with Crippen LogP contribution in [0.4, 0.5) is 0 Å². The zero-order valence-corrected chi connectivity index (χ0v) is 7.88. The molecule has 2 aliphatic carbocycles. The van der Waals surface area contributed by atoms with E-state index in [-0.39, 0.29) is 0 Å². The van der Waals surface area contributed by atoms with Crippen LogP contribution in [-0.2, 0) is 4.79 Å². The summed E-state index contributed by atoms with van der Waals surface area (Å²) in [7, 11) is 0. The Labute approximate surface area is 74.5 Å². The minimum atomic E-state index is 0.519. The van der Waals surface area contributed by atoms with Gasteiger partial charge in [-0.05, 0) is 30.6 Å². The van der Waals surface area contributed by atoms with Crippen molar-refractivity contribution in [1.29, 1.82) is 0 Å². The highest BCUT2D eigenvalue weighted by molar-refractivity contribution is 5.79. The predicted octanol–water partition coefficient (Wildman–Crippen LogP) is 2.79. The van der Waals surface area contributed by atoms with Crippen molar-refractivity contribution in [3.05, 3.63) is 0 Å². The normalized spacial score (nSPS) is 42.4. The summed E-state index contributed by atoms with van der Waals surface area (Å²) in [6.45, 7) is 2.37. The maximum atomic E-state index is 11.2. The Morgan fingerprint density at radius 3 is 2.92 bits per heavy atom. The fraction of sp³-hybridized carbons (Fsp3) is 0.909. The number of hydrogen-bond acceptors (Lipinski definition) is 1. The summed E-state index contributed by atoms with van der Waals surface area (Å²) in [5.74, 6) is 3.05. The highest BCUT2D eigenvalue weighted by Gasteiger charge is 2.34. The van der Waals surface area contributed by atoms with Crippen molar-refractivity contribution in [2.24, 2.45) is 17.8 Å². The Bertz CT molecular complexity index is 185. The first-order chi connectivity index (χ1) is 5.77. The maximum absolute atomic E-state index is 11.2. The molecule has 1 heteroatoms. The number of Topliss-reactive ketones (excluding diaryl/α,β-unsaturated/α-hetero) is 1. The Kier molecular flexibility index (Phi) is 2.20. The van der Waals surface area contributed by atoms with Crippen LogP contribution in [0, 0.1) is 17.8 Å². The molecule has 0 radical (unpaired) electrons. The first-order valence-electron chi connectivity index (χ1n) is 5.29. The lowest BCUT2D eigenvalue weighted by Gasteiger charge is -2.39. The van der Waals surface area contributed by atoms with Crippen LogP contribution in [-0.4, -0.2) is 5.78 Å². The van der Waals surface area contributed by atoms with E-state index in [1.807, 2.05) is 0 Å². The van der Waals surface area contributed by atoms with E-state index in [9.17, 15) is 4.79 Å². The van der Waals surface area contributed by atoms with E-state index in [0.717, 1.165) is 30.6 Å². The van der Waals surface area contributed by atoms with Crippen LogP contribution in [0.3, 0.4) is 0 Å². The van der Waals surface area contributed by atoms with E-state index >= 15 is 0 Å². The number of carbonyl (C=O) groups excluding carboxylic acids is 1. The summed E-state index contributed by atoms with van der Waals surface area (Å²) in [6, 6.07) is 0. The third-order valence-electron chi connectivity index (χ3n) is 3.82. The topological polar surface area (TPSA) is 17.1 Å². The third kappa shape index (κ3) is 1.41. The van der Waals surface area contributed by atoms with Crippen molar-refractivity contribution in [1.82, 2.24) is 0 Å². The summed E-state index contributed by atoms with van der Waals surface area (Å²) >= 11 is 0. The average Bonchev–Trinajstić information content (AvgIpc) is 2.04. The number of hydrogen-bond donors (Lipinski definition) is 0. The van der Waals surface area contributed by atoms with Gasteiger partial charge in [0.25, 0.3) is 0 Å². The smallest absolute Gasteiger partial charge is 0.133 e. The molecule has 1 nitrogen and oxygen atoms in total. The molecule has 0 amide bonds. The van der Waals surface area contributed by atoms with Gasteiger partial charge in [-0.25, -0.2) is 0 Å². The fourth-order valence-corrected chi connectivity index (χ4v) is 3.09. The molecular formula is C11H18O. The lowest BCUT2D eigenvalue weighted by Crippen LogP contribution is -2.32. The number of fused-ring (bicyclic) bond motifs is 1. The molecular weight excluding hydrogens is 148 g/mol. The third-order valence-corrected chi connectivity index (χ3v) is 3.82. The van der Waals surface area contributed by atoms with E-state index in [1.165, 1.54) is 25.7 Å². The summed E-state index contributed by atoms with van der Waals surface area (Å²) in [6.07, 6.45) is 7.02. The summed E-state index contributed by atoms with van der Waals surface area (Å²) < 4.78 is 0. The van der Waals surface area contributed by atoms with Gasteiger partial charge in [0.1, 0.15) is 5.78 Å². The quantitative estimate of drug-likeness (QED) is 0.541. The Morgan fingerprint density at radius 2 is 2.08 bits per heavy atom. The predicted molar refractivity (Wildman–Crippen MR) is 48.9 cm³/mol. The molecule has 0 saturated heterocycles. The molecule has 0 unspecified atom stereocenters. The summed E-state index contributed by atoms with van der Waals surface area (Å²) in [5.41, 5.74) is 0. The molecule has 2 saturated carbocycles. The largest absolute Gasteiger partial charge is 0.300 e. The van der Waals surface area contributed by atoms with E-state index < -0.39 is 0 Å². The molecule has 3 atom stereocenters. The molecule has 12 heavy (non-hydrogen) atoms. The van der Waals surface area contributed by atoms with E-state index in [4.69, 9.17) is 0 Å². The molecule has 0 heterocycles.